The highest BCUT2D eigenvalue weighted by atomic mass is 32.2. The highest BCUT2D eigenvalue weighted by Gasteiger charge is 2.23. The number of ether oxygens (including phenoxy) is 2. The van der Waals surface area contributed by atoms with Gasteiger partial charge in [0.2, 0.25) is 5.91 Å². The van der Waals surface area contributed by atoms with Crippen LogP contribution in [0, 0.1) is 6.92 Å². The smallest absolute Gasteiger partial charge is 0.228 e. The van der Waals surface area contributed by atoms with Gasteiger partial charge in [0.15, 0.2) is 11.5 Å². The predicted octanol–water partition coefficient (Wildman–Crippen LogP) is 4.89. The maximum absolute atomic E-state index is 12.9. The minimum atomic E-state index is 0.112. The zero-order chi connectivity index (χ0) is 21.8. The number of amides is 1. The van der Waals surface area contributed by atoms with Crippen molar-refractivity contribution in [1.82, 2.24) is 9.88 Å². The molecule has 31 heavy (non-hydrogen) atoms. The van der Waals surface area contributed by atoms with Gasteiger partial charge in [-0.3, -0.25) is 4.79 Å². The Labute approximate surface area is 191 Å². The summed E-state index contributed by atoms with van der Waals surface area (Å²) in [7, 11) is 3.27. The molecule has 0 spiro atoms. The van der Waals surface area contributed by atoms with Gasteiger partial charge in [-0.2, -0.15) is 0 Å². The summed E-state index contributed by atoms with van der Waals surface area (Å²) in [5.74, 6) is 2.43. The second kappa shape index (κ2) is 9.75. The fourth-order valence-corrected chi connectivity index (χ4v) is 5.43. The van der Waals surface area contributed by atoms with Crippen molar-refractivity contribution in [2.24, 2.45) is 0 Å². The molecule has 1 aliphatic rings. The lowest BCUT2D eigenvalue weighted by Crippen LogP contribution is -2.37. The molecule has 0 bridgehead atoms. The van der Waals surface area contributed by atoms with E-state index in [1.165, 1.54) is 16.7 Å². The van der Waals surface area contributed by atoms with E-state index in [4.69, 9.17) is 9.47 Å². The third kappa shape index (κ3) is 5.22. The molecular weight excluding hydrogens is 428 g/mol. The van der Waals surface area contributed by atoms with Crippen molar-refractivity contribution in [1.29, 1.82) is 0 Å². The van der Waals surface area contributed by atoms with E-state index in [1.54, 1.807) is 37.3 Å². The molecule has 5 nitrogen and oxygen atoms in total. The Balaban J connectivity index is 1.35. The number of thiazole rings is 1. The van der Waals surface area contributed by atoms with E-state index in [0.717, 1.165) is 33.5 Å². The largest absolute Gasteiger partial charge is 0.493 e. The Hall–Kier alpha value is -2.51. The predicted molar refractivity (Wildman–Crippen MR) is 125 cm³/mol. The molecule has 0 fully saturated rings. The van der Waals surface area contributed by atoms with E-state index in [-0.39, 0.29) is 5.91 Å². The van der Waals surface area contributed by atoms with Crippen molar-refractivity contribution in [3.63, 3.8) is 0 Å². The Morgan fingerprint density at radius 2 is 1.84 bits per heavy atom. The molecular formula is C24H26N2O3S2. The topological polar surface area (TPSA) is 51.7 Å². The van der Waals surface area contributed by atoms with Gasteiger partial charge in [-0.15, -0.1) is 11.3 Å². The lowest BCUT2D eigenvalue weighted by molar-refractivity contribution is -0.131. The average Bonchev–Trinajstić information content (AvgIpc) is 3.24. The first kappa shape index (κ1) is 21.7. The van der Waals surface area contributed by atoms with Crippen molar-refractivity contribution >= 4 is 29.0 Å². The zero-order valence-electron chi connectivity index (χ0n) is 18.0. The van der Waals surface area contributed by atoms with Crippen molar-refractivity contribution < 1.29 is 14.3 Å². The Morgan fingerprint density at radius 1 is 1.13 bits per heavy atom. The van der Waals surface area contributed by atoms with E-state index in [2.05, 4.69) is 36.2 Å². The molecule has 0 radical (unpaired) electrons. The summed E-state index contributed by atoms with van der Waals surface area (Å²) in [6.45, 7) is 3.39. The van der Waals surface area contributed by atoms with Gasteiger partial charge in [0.1, 0.15) is 4.34 Å². The van der Waals surface area contributed by atoms with Gasteiger partial charge in [-0.05, 0) is 42.2 Å². The monoisotopic (exact) mass is 454 g/mol. The summed E-state index contributed by atoms with van der Waals surface area (Å²) < 4.78 is 11.8. The van der Waals surface area contributed by atoms with E-state index in [9.17, 15) is 4.79 Å². The highest BCUT2D eigenvalue weighted by Crippen LogP contribution is 2.33. The molecule has 0 N–H and O–H groups in total. The summed E-state index contributed by atoms with van der Waals surface area (Å²) in [5.41, 5.74) is 5.72. The van der Waals surface area contributed by atoms with Gasteiger partial charge in [0.25, 0.3) is 0 Å². The molecule has 162 valence electrons. The molecule has 1 amide bonds. The van der Waals surface area contributed by atoms with Gasteiger partial charge in [0.05, 0.1) is 26.3 Å². The summed E-state index contributed by atoms with van der Waals surface area (Å²) in [6, 6.07) is 12.6. The summed E-state index contributed by atoms with van der Waals surface area (Å²) >= 11 is 3.33. The Bertz CT molecular complexity index is 1060. The van der Waals surface area contributed by atoms with E-state index in [1.807, 2.05) is 22.4 Å². The average molecular weight is 455 g/mol. The van der Waals surface area contributed by atoms with Crippen LogP contribution in [0.2, 0.25) is 0 Å². The van der Waals surface area contributed by atoms with Crippen LogP contribution in [0.1, 0.15) is 27.9 Å². The van der Waals surface area contributed by atoms with Crippen molar-refractivity contribution in [3.8, 4) is 11.5 Å². The van der Waals surface area contributed by atoms with Gasteiger partial charge in [-0.1, -0.05) is 41.6 Å². The minimum absolute atomic E-state index is 0.112. The number of aromatic nitrogens is 1. The highest BCUT2D eigenvalue weighted by molar-refractivity contribution is 8.00. The molecule has 7 heteroatoms. The third-order valence-corrected chi connectivity index (χ3v) is 7.56. The third-order valence-electron chi connectivity index (χ3n) is 5.42. The zero-order valence-corrected chi connectivity index (χ0v) is 19.6. The quantitative estimate of drug-likeness (QED) is 0.476. The fraction of sp³-hybridized carbons (Fsp3) is 0.333. The second-order valence-electron chi connectivity index (χ2n) is 7.60. The van der Waals surface area contributed by atoms with Crippen LogP contribution in [0.15, 0.2) is 46.1 Å². The normalized spacial score (nSPS) is 13.1. The number of methoxy groups -OCH3 is 2. The molecule has 2 heterocycles. The lowest BCUT2D eigenvalue weighted by atomic mass is 9.98. The van der Waals surface area contributed by atoms with Crippen molar-refractivity contribution in [2.75, 3.05) is 20.8 Å². The Morgan fingerprint density at radius 3 is 2.55 bits per heavy atom. The van der Waals surface area contributed by atoms with Crippen molar-refractivity contribution in [2.45, 2.75) is 36.4 Å². The molecule has 0 saturated carbocycles. The SMILES string of the molecule is COc1cc2c(cc1OC)CN(C(=O)Cc1csc(SCc3ccc(C)cc3)n1)CC2. The fourth-order valence-electron chi connectivity index (χ4n) is 3.63. The molecule has 0 aliphatic carbocycles. The van der Waals surface area contributed by atoms with Crippen LogP contribution < -0.4 is 9.47 Å². The van der Waals surface area contributed by atoms with Crippen LogP contribution in [0.3, 0.4) is 0 Å². The first-order valence-corrected chi connectivity index (χ1v) is 12.1. The van der Waals surface area contributed by atoms with Crippen LogP contribution in [-0.2, 0) is 29.9 Å². The van der Waals surface area contributed by atoms with E-state index < -0.39 is 0 Å². The van der Waals surface area contributed by atoms with E-state index >= 15 is 0 Å². The molecule has 2 aromatic carbocycles. The van der Waals surface area contributed by atoms with Gasteiger partial charge < -0.3 is 14.4 Å². The maximum atomic E-state index is 12.9. The van der Waals surface area contributed by atoms with E-state index in [0.29, 0.717) is 25.3 Å². The molecule has 0 saturated heterocycles. The van der Waals surface area contributed by atoms with Gasteiger partial charge in [0, 0.05) is 24.2 Å². The summed E-state index contributed by atoms with van der Waals surface area (Å²) in [5, 5.41) is 2.00. The Kier molecular flexibility index (Phi) is 6.83. The molecule has 1 aromatic heterocycles. The summed E-state index contributed by atoms with van der Waals surface area (Å²) in [4.78, 5) is 19.5. The number of aryl methyl sites for hydroxylation is 1. The molecule has 1 aliphatic heterocycles. The van der Waals surface area contributed by atoms with Crippen LogP contribution >= 0.6 is 23.1 Å². The van der Waals surface area contributed by atoms with Gasteiger partial charge >= 0.3 is 0 Å². The van der Waals surface area contributed by atoms with Crippen LogP contribution in [-0.4, -0.2) is 36.6 Å². The second-order valence-corrected chi connectivity index (χ2v) is 9.68. The number of nitrogens with zero attached hydrogens (tertiary/aromatic N) is 2. The van der Waals surface area contributed by atoms with Crippen LogP contribution in [0.4, 0.5) is 0 Å². The number of thioether (sulfide) groups is 1. The molecule has 0 unspecified atom stereocenters. The number of carbonyl (C=O) groups excluding carboxylic acids is 1. The first-order chi connectivity index (χ1) is 15.1. The van der Waals surface area contributed by atoms with Crippen LogP contribution in [0.25, 0.3) is 0 Å². The number of benzene rings is 2. The molecule has 0 atom stereocenters. The van der Waals surface area contributed by atoms with Crippen LogP contribution in [0.5, 0.6) is 11.5 Å². The lowest BCUT2D eigenvalue weighted by Gasteiger charge is -2.29. The number of carbonyl (C=O) groups is 1. The standard InChI is InChI=1S/C24H26N2O3S2/c1-16-4-6-17(7-5-16)14-30-24-25-20(15-31-24)12-23(27)26-9-8-18-10-21(28-2)22(29-3)11-19(18)13-26/h4-7,10-11,15H,8-9,12-14H2,1-3H3. The number of fused-ring (bicyclic) bond motifs is 1. The molecule has 3 aromatic rings. The molecule has 4 rings (SSSR count). The number of hydrogen-bond donors (Lipinski definition) is 0. The van der Waals surface area contributed by atoms with Crippen molar-refractivity contribution in [3.05, 3.63) is 69.7 Å². The van der Waals surface area contributed by atoms with Gasteiger partial charge in [-0.25, -0.2) is 4.98 Å². The minimum Gasteiger partial charge on any atom is -0.493 e. The number of rotatable bonds is 7. The maximum Gasteiger partial charge on any atom is 0.228 e. The first-order valence-electron chi connectivity index (χ1n) is 10.2. The number of hydrogen-bond acceptors (Lipinski definition) is 6. The summed E-state index contributed by atoms with van der Waals surface area (Å²) in [6.07, 6.45) is 1.15.